The van der Waals surface area contributed by atoms with E-state index in [1.165, 1.54) is 0 Å². The van der Waals surface area contributed by atoms with Crippen LogP contribution in [0.2, 0.25) is 5.02 Å². The van der Waals surface area contributed by atoms with Crippen molar-refractivity contribution in [3.63, 3.8) is 0 Å². The van der Waals surface area contributed by atoms with E-state index in [0.29, 0.717) is 34.3 Å². The minimum Gasteiger partial charge on any atom is -0.454 e. The fourth-order valence-electron chi connectivity index (χ4n) is 2.56. The first kappa shape index (κ1) is 15.5. The van der Waals surface area contributed by atoms with Crippen molar-refractivity contribution < 1.29 is 14.3 Å². The molecule has 1 aromatic heterocycles. The third-order valence-corrected chi connectivity index (χ3v) is 4.18. The lowest BCUT2D eigenvalue weighted by Crippen LogP contribution is -2.11. The topological polar surface area (TPSA) is 65.4 Å². The summed E-state index contributed by atoms with van der Waals surface area (Å²) < 4.78 is 12.3. The van der Waals surface area contributed by atoms with Gasteiger partial charge in [-0.2, -0.15) is 5.10 Å². The van der Waals surface area contributed by atoms with Gasteiger partial charge in [0, 0.05) is 16.8 Å². The molecule has 1 aliphatic rings. The SMILES string of the molecule is O=C(Nc1cnn(Cc2ccccc2Cl)c1)c1ccc2c(c1)OCO2. The van der Waals surface area contributed by atoms with E-state index in [-0.39, 0.29) is 12.7 Å². The van der Waals surface area contributed by atoms with Gasteiger partial charge < -0.3 is 14.8 Å². The van der Waals surface area contributed by atoms with Crippen molar-refractivity contribution in [2.75, 3.05) is 12.1 Å². The molecule has 1 aliphatic heterocycles. The van der Waals surface area contributed by atoms with Crippen molar-refractivity contribution >= 4 is 23.2 Å². The number of nitrogens with one attached hydrogen (secondary N) is 1. The molecule has 2 heterocycles. The predicted molar refractivity (Wildman–Crippen MR) is 93.3 cm³/mol. The van der Waals surface area contributed by atoms with Crippen molar-refractivity contribution in [2.45, 2.75) is 6.54 Å². The molecule has 0 atom stereocenters. The van der Waals surface area contributed by atoms with Crippen LogP contribution in [0.25, 0.3) is 0 Å². The van der Waals surface area contributed by atoms with Gasteiger partial charge in [-0.25, -0.2) is 0 Å². The van der Waals surface area contributed by atoms with Crippen LogP contribution < -0.4 is 14.8 Å². The molecule has 0 saturated carbocycles. The fraction of sp³-hybridized carbons (Fsp3) is 0.111. The Morgan fingerprint density at radius 2 is 2.04 bits per heavy atom. The highest BCUT2D eigenvalue weighted by molar-refractivity contribution is 6.31. The van der Waals surface area contributed by atoms with E-state index in [1.54, 1.807) is 35.3 Å². The normalized spacial score (nSPS) is 12.2. The smallest absolute Gasteiger partial charge is 0.255 e. The van der Waals surface area contributed by atoms with Crippen LogP contribution in [-0.2, 0) is 6.54 Å². The van der Waals surface area contributed by atoms with E-state index in [2.05, 4.69) is 10.4 Å². The summed E-state index contributed by atoms with van der Waals surface area (Å²) in [4.78, 5) is 12.4. The number of rotatable bonds is 4. The Balaban J connectivity index is 1.46. The molecule has 4 rings (SSSR count). The van der Waals surface area contributed by atoms with E-state index in [9.17, 15) is 4.79 Å². The Morgan fingerprint density at radius 3 is 2.92 bits per heavy atom. The number of halogens is 1. The van der Waals surface area contributed by atoms with Crippen LogP contribution in [0.15, 0.2) is 54.9 Å². The lowest BCUT2D eigenvalue weighted by molar-refractivity contribution is 0.102. The number of nitrogens with zero attached hydrogens (tertiary/aromatic N) is 2. The summed E-state index contributed by atoms with van der Waals surface area (Å²) in [6.07, 6.45) is 3.36. The second-order valence-electron chi connectivity index (χ2n) is 5.54. The van der Waals surface area contributed by atoms with Gasteiger partial charge in [-0.1, -0.05) is 29.8 Å². The zero-order valence-electron chi connectivity index (χ0n) is 13.1. The number of aromatic nitrogens is 2. The summed E-state index contributed by atoms with van der Waals surface area (Å²) in [6.45, 7) is 0.703. The van der Waals surface area contributed by atoms with Crippen molar-refractivity contribution in [1.29, 1.82) is 0 Å². The lowest BCUT2D eigenvalue weighted by atomic mass is 10.2. The Bertz CT molecular complexity index is 939. The first-order valence-corrected chi connectivity index (χ1v) is 8.04. The van der Waals surface area contributed by atoms with Crippen molar-refractivity contribution in [2.24, 2.45) is 0 Å². The van der Waals surface area contributed by atoms with Gasteiger partial charge in [0.05, 0.1) is 18.4 Å². The average Bonchev–Trinajstić information content (AvgIpc) is 3.25. The van der Waals surface area contributed by atoms with Crippen LogP contribution in [-0.4, -0.2) is 22.5 Å². The molecule has 1 N–H and O–H groups in total. The summed E-state index contributed by atoms with van der Waals surface area (Å²) in [6, 6.07) is 12.7. The zero-order valence-corrected chi connectivity index (χ0v) is 13.9. The minimum atomic E-state index is -0.240. The van der Waals surface area contributed by atoms with Gasteiger partial charge >= 0.3 is 0 Å². The van der Waals surface area contributed by atoms with Crippen LogP contribution in [0.3, 0.4) is 0 Å². The predicted octanol–water partition coefficient (Wildman–Crippen LogP) is 3.57. The molecule has 1 amide bonds. The molecule has 0 spiro atoms. The third kappa shape index (κ3) is 3.29. The first-order chi connectivity index (χ1) is 12.2. The van der Waals surface area contributed by atoms with Gasteiger partial charge in [-0.3, -0.25) is 9.48 Å². The lowest BCUT2D eigenvalue weighted by Gasteiger charge is -2.05. The molecule has 0 saturated heterocycles. The maximum absolute atomic E-state index is 12.4. The molecule has 2 aromatic carbocycles. The summed E-state index contributed by atoms with van der Waals surface area (Å²) in [5.41, 5.74) is 2.05. The third-order valence-electron chi connectivity index (χ3n) is 3.82. The molecule has 0 radical (unpaired) electrons. The summed E-state index contributed by atoms with van der Waals surface area (Å²) in [5.74, 6) is 0.974. The second kappa shape index (κ2) is 6.49. The molecule has 0 aliphatic carbocycles. The zero-order chi connectivity index (χ0) is 17.2. The number of benzene rings is 2. The van der Waals surface area contributed by atoms with E-state index in [4.69, 9.17) is 21.1 Å². The molecule has 3 aromatic rings. The largest absolute Gasteiger partial charge is 0.454 e. The highest BCUT2D eigenvalue weighted by atomic mass is 35.5. The molecule has 0 bridgehead atoms. The van der Waals surface area contributed by atoms with E-state index in [0.717, 1.165) is 5.56 Å². The standard InChI is InChI=1S/C18H14ClN3O3/c19-15-4-2-1-3-13(15)9-22-10-14(8-20-22)21-18(23)12-5-6-16-17(7-12)25-11-24-16/h1-8,10H,9,11H2,(H,21,23). The van der Waals surface area contributed by atoms with E-state index >= 15 is 0 Å². The number of amides is 1. The van der Waals surface area contributed by atoms with Crippen molar-refractivity contribution in [3.05, 3.63) is 71.0 Å². The van der Waals surface area contributed by atoms with Crippen LogP contribution in [0.4, 0.5) is 5.69 Å². The Morgan fingerprint density at radius 1 is 1.20 bits per heavy atom. The Labute approximate surface area is 148 Å². The second-order valence-corrected chi connectivity index (χ2v) is 5.95. The maximum atomic E-state index is 12.4. The fourth-order valence-corrected chi connectivity index (χ4v) is 2.75. The van der Waals surface area contributed by atoms with Crippen LogP contribution >= 0.6 is 11.6 Å². The van der Waals surface area contributed by atoms with Gasteiger partial charge in [-0.15, -0.1) is 0 Å². The van der Waals surface area contributed by atoms with Crippen molar-refractivity contribution in [1.82, 2.24) is 9.78 Å². The molecular weight excluding hydrogens is 342 g/mol. The molecule has 0 fully saturated rings. The molecule has 0 unspecified atom stereocenters. The monoisotopic (exact) mass is 355 g/mol. The number of hydrogen-bond donors (Lipinski definition) is 1. The highest BCUT2D eigenvalue weighted by Gasteiger charge is 2.16. The molecule has 126 valence electrons. The number of anilines is 1. The number of hydrogen-bond acceptors (Lipinski definition) is 4. The quantitative estimate of drug-likeness (QED) is 0.777. The van der Waals surface area contributed by atoms with E-state index < -0.39 is 0 Å². The summed E-state index contributed by atoms with van der Waals surface area (Å²) >= 11 is 6.16. The van der Waals surface area contributed by atoms with Crippen LogP contribution in [0.1, 0.15) is 15.9 Å². The van der Waals surface area contributed by atoms with Gasteiger partial charge in [0.25, 0.3) is 5.91 Å². The Hall–Kier alpha value is -2.99. The van der Waals surface area contributed by atoms with Crippen LogP contribution in [0.5, 0.6) is 11.5 Å². The summed E-state index contributed by atoms with van der Waals surface area (Å²) in [5, 5.41) is 7.76. The van der Waals surface area contributed by atoms with Crippen molar-refractivity contribution in [3.8, 4) is 11.5 Å². The van der Waals surface area contributed by atoms with E-state index in [1.807, 2.05) is 24.3 Å². The molecular formula is C18H14ClN3O3. The number of ether oxygens (including phenoxy) is 2. The average molecular weight is 356 g/mol. The van der Waals surface area contributed by atoms with Gasteiger partial charge in [0.1, 0.15) is 0 Å². The number of carbonyl (C=O) groups excluding carboxylic acids is 1. The van der Waals surface area contributed by atoms with Gasteiger partial charge in [-0.05, 0) is 29.8 Å². The highest BCUT2D eigenvalue weighted by Crippen LogP contribution is 2.32. The molecule has 25 heavy (non-hydrogen) atoms. The van der Waals surface area contributed by atoms with Gasteiger partial charge in [0.2, 0.25) is 6.79 Å². The molecule has 7 heteroatoms. The minimum absolute atomic E-state index is 0.176. The number of fused-ring (bicyclic) bond motifs is 1. The van der Waals surface area contributed by atoms with Crippen LogP contribution in [0, 0.1) is 0 Å². The van der Waals surface area contributed by atoms with Gasteiger partial charge in [0.15, 0.2) is 11.5 Å². The maximum Gasteiger partial charge on any atom is 0.255 e. The summed E-state index contributed by atoms with van der Waals surface area (Å²) in [7, 11) is 0. The molecule has 6 nitrogen and oxygen atoms in total. The Kier molecular flexibility index (Phi) is 4.03. The number of carbonyl (C=O) groups is 1. The first-order valence-electron chi connectivity index (χ1n) is 7.66.